The number of nitrogens with zero attached hydrogens (tertiary/aromatic N) is 2. The molecular weight excluding hydrogens is 352 g/mol. The second-order valence-corrected chi connectivity index (χ2v) is 9.02. The quantitative estimate of drug-likeness (QED) is 0.680. The van der Waals surface area contributed by atoms with Crippen molar-refractivity contribution in [3.63, 3.8) is 0 Å². The van der Waals surface area contributed by atoms with E-state index in [9.17, 15) is 19.2 Å². The fraction of sp³-hybridized carbons (Fsp3) is 0.789. The molecule has 0 aromatic carbocycles. The maximum Gasteiger partial charge on any atom is 0.417 e. The van der Waals surface area contributed by atoms with Crippen LogP contribution in [0.5, 0.6) is 0 Å². The van der Waals surface area contributed by atoms with Gasteiger partial charge in [0, 0.05) is 13.0 Å². The molecule has 27 heavy (non-hydrogen) atoms. The van der Waals surface area contributed by atoms with Crippen LogP contribution in [0.2, 0.25) is 0 Å². The first-order chi connectivity index (χ1) is 12.3. The molecule has 0 aromatic heterocycles. The van der Waals surface area contributed by atoms with Crippen LogP contribution in [0.25, 0.3) is 0 Å². The number of hydrogen-bond acceptors (Lipinski definition) is 6. The molecule has 3 amide bonds. The molecule has 2 atom stereocenters. The van der Waals surface area contributed by atoms with E-state index in [1.165, 1.54) is 4.90 Å². The van der Waals surface area contributed by atoms with Gasteiger partial charge in [-0.1, -0.05) is 0 Å². The molecule has 0 bridgehead atoms. The van der Waals surface area contributed by atoms with Gasteiger partial charge in [-0.25, -0.2) is 14.5 Å². The Morgan fingerprint density at radius 2 is 1.52 bits per heavy atom. The van der Waals surface area contributed by atoms with Gasteiger partial charge in [0.15, 0.2) is 0 Å². The molecule has 0 spiro atoms. The van der Waals surface area contributed by atoms with Gasteiger partial charge in [0.05, 0.1) is 0 Å². The minimum Gasteiger partial charge on any atom is -0.458 e. The third-order valence-corrected chi connectivity index (χ3v) is 4.30. The summed E-state index contributed by atoms with van der Waals surface area (Å²) in [6.07, 6.45) is 0.683. The van der Waals surface area contributed by atoms with Crippen molar-refractivity contribution >= 4 is 23.9 Å². The van der Waals surface area contributed by atoms with Gasteiger partial charge in [-0.15, -0.1) is 0 Å². The number of carbonyl (C=O) groups is 4. The van der Waals surface area contributed by atoms with E-state index < -0.39 is 47.2 Å². The number of ether oxygens (including phenoxy) is 2. The van der Waals surface area contributed by atoms with Crippen LogP contribution in [0.1, 0.15) is 67.2 Å². The van der Waals surface area contributed by atoms with Crippen LogP contribution >= 0.6 is 0 Å². The van der Waals surface area contributed by atoms with E-state index in [4.69, 9.17) is 9.47 Å². The average Bonchev–Trinajstić information content (AvgIpc) is 3.09. The summed E-state index contributed by atoms with van der Waals surface area (Å²) in [6, 6.07) is -1.62. The van der Waals surface area contributed by atoms with Crippen molar-refractivity contribution in [1.82, 2.24) is 9.80 Å². The zero-order valence-electron chi connectivity index (χ0n) is 17.0. The number of carbonyl (C=O) groups excluding carboxylic acids is 4. The average molecular weight is 382 g/mol. The van der Waals surface area contributed by atoms with E-state index in [1.807, 2.05) is 0 Å². The highest BCUT2D eigenvalue weighted by molar-refractivity contribution is 6.01. The molecule has 0 radical (unpaired) electrons. The van der Waals surface area contributed by atoms with Crippen molar-refractivity contribution in [2.45, 2.75) is 90.5 Å². The Morgan fingerprint density at radius 3 is 2.07 bits per heavy atom. The Hall–Kier alpha value is -2.12. The lowest BCUT2D eigenvalue weighted by Gasteiger charge is -2.32. The van der Waals surface area contributed by atoms with E-state index in [0.717, 1.165) is 4.90 Å². The van der Waals surface area contributed by atoms with Crippen LogP contribution in [0.3, 0.4) is 0 Å². The fourth-order valence-corrected chi connectivity index (χ4v) is 3.29. The minimum absolute atomic E-state index is 0.0978. The number of likely N-dealkylation sites (tertiary alicyclic amines) is 2. The number of esters is 1. The number of hydrogen-bond donors (Lipinski definition) is 0. The lowest BCUT2D eigenvalue weighted by Crippen LogP contribution is -2.53. The van der Waals surface area contributed by atoms with Gasteiger partial charge in [0.2, 0.25) is 11.8 Å². The van der Waals surface area contributed by atoms with E-state index in [2.05, 4.69) is 0 Å². The smallest absolute Gasteiger partial charge is 0.417 e. The highest BCUT2D eigenvalue weighted by Gasteiger charge is 2.47. The second kappa shape index (κ2) is 7.48. The monoisotopic (exact) mass is 382 g/mol. The van der Waals surface area contributed by atoms with Crippen LogP contribution < -0.4 is 0 Å². The molecule has 0 aliphatic carbocycles. The summed E-state index contributed by atoms with van der Waals surface area (Å²) in [5.74, 6) is -1.29. The molecule has 0 N–H and O–H groups in total. The van der Waals surface area contributed by atoms with E-state index >= 15 is 0 Å². The van der Waals surface area contributed by atoms with Gasteiger partial charge in [0.1, 0.15) is 23.3 Å². The van der Waals surface area contributed by atoms with Crippen molar-refractivity contribution in [1.29, 1.82) is 0 Å². The van der Waals surface area contributed by atoms with Gasteiger partial charge >= 0.3 is 12.1 Å². The number of amides is 3. The summed E-state index contributed by atoms with van der Waals surface area (Å²) in [5, 5.41) is 0. The van der Waals surface area contributed by atoms with Gasteiger partial charge in [-0.3, -0.25) is 9.59 Å². The highest BCUT2D eigenvalue weighted by Crippen LogP contribution is 2.28. The topological polar surface area (TPSA) is 93.2 Å². The molecule has 0 aromatic rings. The Labute approximate surface area is 160 Å². The lowest BCUT2D eigenvalue weighted by molar-refractivity contribution is -0.164. The Balaban J connectivity index is 2.15. The molecule has 2 heterocycles. The normalized spacial score (nSPS) is 23.6. The predicted molar refractivity (Wildman–Crippen MR) is 96.7 cm³/mol. The first-order valence-corrected chi connectivity index (χ1v) is 9.38. The Morgan fingerprint density at radius 1 is 0.926 bits per heavy atom. The lowest BCUT2D eigenvalue weighted by atomic mass is 10.1. The zero-order valence-corrected chi connectivity index (χ0v) is 17.0. The molecule has 2 saturated heterocycles. The standard InChI is InChI=1S/C19H30N2O6/c1-18(2,3)26-16(24)13-8-7-11-20(13)15(23)12-9-10-14(22)21(12)17(25)27-19(4,5)6/h12-13H,7-11H2,1-6H3/t12-,13-/m0/s1. The van der Waals surface area contributed by atoms with Gasteiger partial charge in [0.25, 0.3) is 0 Å². The summed E-state index contributed by atoms with van der Waals surface area (Å²) in [4.78, 5) is 52.5. The highest BCUT2D eigenvalue weighted by atomic mass is 16.6. The summed E-state index contributed by atoms with van der Waals surface area (Å²) in [6.45, 7) is 10.8. The first kappa shape index (κ1) is 21.2. The molecule has 0 saturated carbocycles. The summed E-state index contributed by atoms with van der Waals surface area (Å²) >= 11 is 0. The maximum atomic E-state index is 13.1. The van der Waals surface area contributed by atoms with Gasteiger partial charge in [-0.05, 0) is 60.8 Å². The molecule has 0 unspecified atom stereocenters. The van der Waals surface area contributed by atoms with Crippen molar-refractivity contribution in [2.75, 3.05) is 6.54 Å². The summed E-state index contributed by atoms with van der Waals surface area (Å²) in [7, 11) is 0. The fourth-order valence-electron chi connectivity index (χ4n) is 3.29. The summed E-state index contributed by atoms with van der Waals surface area (Å²) < 4.78 is 10.7. The largest absolute Gasteiger partial charge is 0.458 e. The van der Waals surface area contributed by atoms with Gasteiger partial charge < -0.3 is 14.4 Å². The van der Waals surface area contributed by atoms with Crippen LogP contribution in [0.15, 0.2) is 0 Å². The predicted octanol–water partition coefficient (Wildman–Crippen LogP) is 2.25. The van der Waals surface area contributed by atoms with Crippen molar-refractivity contribution in [3.05, 3.63) is 0 Å². The molecule has 2 fully saturated rings. The van der Waals surface area contributed by atoms with E-state index in [1.54, 1.807) is 41.5 Å². The number of imide groups is 1. The molecule has 152 valence electrons. The van der Waals surface area contributed by atoms with Crippen LogP contribution in [-0.2, 0) is 23.9 Å². The SMILES string of the molecule is CC(C)(C)OC(=O)[C@@H]1CCCN1C(=O)[C@@H]1CCC(=O)N1C(=O)OC(C)(C)C. The van der Waals surface area contributed by atoms with Crippen LogP contribution in [-0.4, -0.2) is 63.5 Å². The van der Waals surface area contributed by atoms with E-state index in [0.29, 0.717) is 19.4 Å². The molecule has 8 heteroatoms. The molecule has 2 aliphatic rings. The van der Waals surface area contributed by atoms with E-state index in [-0.39, 0.29) is 12.8 Å². The first-order valence-electron chi connectivity index (χ1n) is 9.38. The Bertz CT molecular complexity index is 631. The van der Waals surface area contributed by atoms with Crippen molar-refractivity contribution in [3.8, 4) is 0 Å². The van der Waals surface area contributed by atoms with Crippen LogP contribution in [0.4, 0.5) is 4.79 Å². The van der Waals surface area contributed by atoms with Gasteiger partial charge in [-0.2, -0.15) is 0 Å². The molecule has 2 rings (SSSR count). The minimum atomic E-state index is -0.935. The summed E-state index contributed by atoms with van der Waals surface area (Å²) in [5.41, 5.74) is -1.43. The molecule has 8 nitrogen and oxygen atoms in total. The second-order valence-electron chi connectivity index (χ2n) is 9.02. The van der Waals surface area contributed by atoms with Crippen molar-refractivity contribution in [2.24, 2.45) is 0 Å². The molecule has 2 aliphatic heterocycles. The third-order valence-electron chi connectivity index (χ3n) is 4.30. The van der Waals surface area contributed by atoms with Crippen LogP contribution in [0, 0.1) is 0 Å². The third kappa shape index (κ3) is 5.20. The zero-order chi connectivity index (χ0) is 20.6. The Kier molecular flexibility index (Phi) is 5.87. The maximum absolute atomic E-state index is 13.1. The number of rotatable bonds is 2. The molecular formula is C19H30N2O6. The van der Waals surface area contributed by atoms with Crippen molar-refractivity contribution < 1.29 is 28.7 Å².